The van der Waals surface area contributed by atoms with E-state index in [9.17, 15) is 24.9 Å². The molecule has 1 atom stereocenters. The third-order valence-electron chi connectivity index (χ3n) is 7.06. The molecule has 0 radical (unpaired) electrons. The zero-order valence-corrected chi connectivity index (χ0v) is 23.6. The first-order chi connectivity index (χ1) is 20.3. The number of pyridine rings is 1. The summed E-state index contributed by atoms with van der Waals surface area (Å²) in [6.45, 7) is 2.86. The molecule has 1 aliphatic rings. The number of aromatic nitrogens is 1. The number of benzene rings is 2. The van der Waals surface area contributed by atoms with Crippen LogP contribution in [0.15, 0.2) is 59.6 Å². The lowest BCUT2D eigenvalue weighted by molar-refractivity contribution is -0.117. The number of hydrogen-bond donors (Lipinski definition) is 4. The third kappa shape index (κ3) is 6.52. The van der Waals surface area contributed by atoms with Crippen molar-refractivity contribution in [3.8, 4) is 12.1 Å². The highest BCUT2D eigenvalue weighted by Gasteiger charge is 2.29. The van der Waals surface area contributed by atoms with Gasteiger partial charge in [-0.15, -0.1) is 0 Å². The first-order valence-electron chi connectivity index (χ1n) is 13.3. The second-order valence-electron chi connectivity index (χ2n) is 9.61. The summed E-state index contributed by atoms with van der Waals surface area (Å²) in [6, 6.07) is 19.2. The molecular formula is C30H29N7O4S. The maximum Gasteiger partial charge on any atom is 0.274 e. The van der Waals surface area contributed by atoms with Crippen LogP contribution in [0, 0.1) is 22.7 Å². The summed E-state index contributed by atoms with van der Waals surface area (Å²) in [5.74, 6) is -1.08. The number of rotatable bonds is 9. The number of thioether (sulfide) groups is 1. The van der Waals surface area contributed by atoms with Crippen molar-refractivity contribution >= 4 is 35.3 Å². The van der Waals surface area contributed by atoms with Gasteiger partial charge in [-0.1, -0.05) is 49.0 Å². The Hall–Kier alpha value is -4.91. The van der Waals surface area contributed by atoms with Crippen molar-refractivity contribution in [1.29, 1.82) is 10.5 Å². The van der Waals surface area contributed by atoms with E-state index in [1.807, 2.05) is 17.9 Å². The number of primary amides is 1. The summed E-state index contributed by atoms with van der Waals surface area (Å²) >= 11 is 1.10. The quantitative estimate of drug-likeness (QED) is 0.167. The summed E-state index contributed by atoms with van der Waals surface area (Å²) in [4.78, 5) is 43.5. The van der Waals surface area contributed by atoms with Gasteiger partial charge < -0.3 is 16.0 Å². The van der Waals surface area contributed by atoms with E-state index < -0.39 is 17.1 Å². The maximum atomic E-state index is 12.8. The third-order valence-corrected chi connectivity index (χ3v) is 8.32. The predicted octanol–water partition coefficient (Wildman–Crippen LogP) is 3.22. The van der Waals surface area contributed by atoms with Crippen LogP contribution in [0.2, 0.25) is 0 Å². The van der Waals surface area contributed by atoms with Gasteiger partial charge in [-0.25, -0.2) is 10.5 Å². The fourth-order valence-electron chi connectivity index (χ4n) is 4.87. The molecule has 214 valence electrons. The van der Waals surface area contributed by atoms with Gasteiger partial charge in [0, 0.05) is 30.3 Å². The number of nitrogens with zero attached hydrogens (tertiary/aromatic N) is 4. The number of anilines is 1. The van der Waals surface area contributed by atoms with Crippen LogP contribution >= 0.6 is 11.8 Å². The predicted molar refractivity (Wildman–Crippen MR) is 156 cm³/mol. The molecular weight excluding hydrogens is 554 g/mol. The van der Waals surface area contributed by atoms with Crippen molar-refractivity contribution in [3.63, 3.8) is 0 Å². The second kappa shape index (κ2) is 13.6. The SMILES string of the molecule is CCc1c(C#N)c(SC(C(N)=O)c2ccccc2)nc(N2CCC(NC(=O)c3ccc(C(=O)NO)cc3)CC2)c1C#N. The van der Waals surface area contributed by atoms with Gasteiger partial charge in [0.25, 0.3) is 11.8 Å². The number of nitriles is 2. The fourth-order valence-corrected chi connectivity index (χ4v) is 5.93. The minimum atomic E-state index is -0.774. The van der Waals surface area contributed by atoms with E-state index in [0.717, 1.165) is 11.8 Å². The van der Waals surface area contributed by atoms with Crippen molar-refractivity contribution in [2.75, 3.05) is 18.0 Å². The smallest absolute Gasteiger partial charge is 0.274 e. The van der Waals surface area contributed by atoms with E-state index in [-0.39, 0.29) is 23.1 Å². The largest absolute Gasteiger partial charge is 0.368 e. The van der Waals surface area contributed by atoms with Crippen molar-refractivity contribution in [1.82, 2.24) is 15.8 Å². The zero-order valence-electron chi connectivity index (χ0n) is 22.8. The number of amides is 3. The summed E-state index contributed by atoms with van der Waals surface area (Å²) in [5, 5.41) is 31.4. The fraction of sp³-hybridized carbons (Fsp3) is 0.267. The Bertz CT molecular complexity index is 1560. The molecule has 1 aromatic heterocycles. The molecule has 4 rings (SSSR count). The molecule has 3 aromatic rings. The molecule has 2 aromatic carbocycles. The number of nitrogens with one attached hydrogen (secondary N) is 2. The van der Waals surface area contributed by atoms with E-state index in [4.69, 9.17) is 15.9 Å². The van der Waals surface area contributed by atoms with Gasteiger partial charge in [-0.3, -0.25) is 19.6 Å². The lowest BCUT2D eigenvalue weighted by Crippen LogP contribution is -2.45. The molecule has 0 saturated carbocycles. The standard InChI is InChI=1S/C30H29N7O4S/c1-2-22-23(16-31)27(35-30(24(22)17-32)42-25(26(33)38)18-6-4-3-5-7-18)37-14-12-21(13-15-37)34-28(39)19-8-10-20(11-9-19)29(40)36-41/h3-11,21,25,41H,2,12-15H2,1H3,(H2,33,38)(H,34,39)(H,36,40). The molecule has 0 aliphatic carbocycles. The van der Waals surface area contributed by atoms with Crippen LogP contribution in [-0.2, 0) is 11.2 Å². The number of nitrogens with two attached hydrogens (primary N) is 1. The molecule has 0 bridgehead atoms. The molecule has 1 fully saturated rings. The Morgan fingerprint density at radius 3 is 2.14 bits per heavy atom. The van der Waals surface area contributed by atoms with Gasteiger partial charge >= 0.3 is 0 Å². The van der Waals surface area contributed by atoms with E-state index in [1.165, 1.54) is 24.3 Å². The van der Waals surface area contributed by atoms with Gasteiger partial charge in [0.05, 0.1) is 11.1 Å². The number of piperidine rings is 1. The van der Waals surface area contributed by atoms with Crippen molar-refractivity contribution < 1.29 is 19.6 Å². The van der Waals surface area contributed by atoms with E-state index in [2.05, 4.69) is 17.5 Å². The Kier molecular flexibility index (Phi) is 9.76. The Labute approximate surface area is 247 Å². The number of hydrogen-bond acceptors (Lipinski definition) is 9. The second-order valence-corrected chi connectivity index (χ2v) is 10.7. The van der Waals surface area contributed by atoms with Crippen molar-refractivity contribution in [2.24, 2.45) is 5.73 Å². The van der Waals surface area contributed by atoms with Crippen LogP contribution in [0.3, 0.4) is 0 Å². The minimum Gasteiger partial charge on any atom is -0.368 e. The Morgan fingerprint density at radius 1 is 1.02 bits per heavy atom. The molecule has 12 heteroatoms. The van der Waals surface area contributed by atoms with Crippen molar-refractivity contribution in [2.45, 2.75) is 42.5 Å². The summed E-state index contributed by atoms with van der Waals surface area (Å²) in [7, 11) is 0. The lowest BCUT2D eigenvalue weighted by Gasteiger charge is -2.34. The van der Waals surface area contributed by atoms with Crippen molar-refractivity contribution in [3.05, 3.63) is 88.0 Å². The van der Waals surface area contributed by atoms with Gasteiger partial charge in [-0.05, 0) is 54.7 Å². The summed E-state index contributed by atoms with van der Waals surface area (Å²) < 4.78 is 0. The molecule has 0 spiro atoms. The first-order valence-corrected chi connectivity index (χ1v) is 14.2. The Morgan fingerprint density at radius 2 is 1.62 bits per heavy atom. The van der Waals surface area contributed by atoms with Gasteiger partial charge in [0.2, 0.25) is 5.91 Å². The number of carbonyl (C=O) groups is 3. The van der Waals surface area contributed by atoms with Crippen LogP contribution in [0.5, 0.6) is 0 Å². The molecule has 2 heterocycles. The molecule has 1 saturated heterocycles. The molecule has 3 amide bonds. The number of hydroxylamine groups is 1. The van der Waals surface area contributed by atoms with E-state index in [0.29, 0.717) is 65.4 Å². The van der Waals surface area contributed by atoms with Crippen LogP contribution in [0.1, 0.15) is 68.0 Å². The molecule has 11 nitrogen and oxygen atoms in total. The maximum absolute atomic E-state index is 12.8. The van der Waals surface area contributed by atoms with Gasteiger partial charge in [-0.2, -0.15) is 10.5 Å². The van der Waals surface area contributed by atoms with Crippen LogP contribution in [0.4, 0.5) is 5.82 Å². The molecule has 42 heavy (non-hydrogen) atoms. The normalized spacial score (nSPS) is 13.9. The van der Waals surface area contributed by atoms with Gasteiger partial charge in [0.1, 0.15) is 28.2 Å². The molecule has 1 unspecified atom stereocenters. The lowest BCUT2D eigenvalue weighted by atomic mass is 9.99. The van der Waals surface area contributed by atoms with Crippen LogP contribution in [-0.4, -0.2) is 47.0 Å². The average molecular weight is 584 g/mol. The van der Waals surface area contributed by atoms with E-state index >= 15 is 0 Å². The molecule has 1 aliphatic heterocycles. The summed E-state index contributed by atoms with van der Waals surface area (Å²) in [6.07, 6.45) is 1.59. The minimum absolute atomic E-state index is 0.130. The zero-order chi connectivity index (χ0) is 30.2. The molecule has 5 N–H and O–H groups in total. The first kappa shape index (κ1) is 30.1. The monoisotopic (exact) mass is 583 g/mol. The highest BCUT2D eigenvalue weighted by Crippen LogP contribution is 2.40. The van der Waals surface area contributed by atoms with E-state index in [1.54, 1.807) is 29.7 Å². The highest BCUT2D eigenvalue weighted by molar-refractivity contribution is 8.00. The topological polar surface area (TPSA) is 185 Å². The Balaban J connectivity index is 1.54. The average Bonchev–Trinajstić information content (AvgIpc) is 3.03. The summed E-state index contributed by atoms with van der Waals surface area (Å²) in [5.41, 5.74) is 9.73. The van der Waals surface area contributed by atoms with Crippen LogP contribution in [0.25, 0.3) is 0 Å². The van der Waals surface area contributed by atoms with Crippen LogP contribution < -0.4 is 21.4 Å². The number of carbonyl (C=O) groups excluding carboxylic acids is 3. The highest BCUT2D eigenvalue weighted by atomic mass is 32.2. The van der Waals surface area contributed by atoms with Gasteiger partial charge in [0.15, 0.2) is 0 Å².